The third-order valence-corrected chi connectivity index (χ3v) is 4.24. The van der Waals surface area contributed by atoms with E-state index in [1.165, 1.54) is 96.8 Å². The molecule has 0 aliphatic carbocycles. The minimum Gasteiger partial charge on any atom is -0.542 e. The molecule has 0 heterocycles. The number of carboxylic acids is 1. The first-order chi connectivity index (χ1) is 12.1. The van der Waals surface area contributed by atoms with Gasteiger partial charge in [-0.2, -0.15) is 6.42 Å². The molecule has 0 fully saturated rings. The van der Waals surface area contributed by atoms with Crippen LogP contribution in [-0.4, -0.2) is 28.6 Å². The summed E-state index contributed by atoms with van der Waals surface area (Å²) in [6.45, 7) is 3.48. The maximum Gasteiger partial charge on any atom is 1.00 e. The molecule has 1 unspecified atom stereocenters. The summed E-state index contributed by atoms with van der Waals surface area (Å²) >= 11 is 0. The molecular formula is C21H41NaO4. The molecule has 4 nitrogen and oxygen atoms in total. The van der Waals surface area contributed by atoms with Crippen LogP contribution in [0.15, 0.2) is 0 Å². The number of hydrogen-bond acceptors (Lipinski definition) is 3. The van der Waals surface area contributed by atoms with Gasteiger partial charge in [0.15, 0.2) is 0 Å². The molecule has 0 saturated carbocycles. The van der Waals surface area contributed by atoms with E-state index in [1.54, 1.807) is 0 Å². The van der Waals surface area contributed by atoms with E-state index in [4.69, 9.17) is 10.2 Å². The van der Waals surface area contributed by atoms with Crippen LogP contribution in [0.1, 0.15) is 117 Å². The molecule has 0 spiro atoms. The monoisotopic (exact) mass is 380 g/mol. The SMILES string of the molecule is CC(O)C(=O)O.CCCCCCCCCCCCCCCCC[C-]=O.[Na+]. The van der Waals surface area contributed by atoms with Gasteiger partial charge in [-0.05, 0) is 6.92 Å². The molecule has 0 saturated heterocycles. The normalized spacial score (nSPS) is 11.0. The number of aliphatic hydroxyl groups excluding tert-OH is 1. The molecule has 5 heteroatoms. The van der Waals surface area contributed by atoms with Crippen molar-refractivity contribution < 1.29 is 49.4 Å². The maximum atomic E-state index is 10.0. The van der Waals surface area contributed by atoms with E-state index < -0.39 is 12.1 Å². The minimum atomic E-state index is -1.23. The zero-order chi connectivity index (χ0) is 19.2. The Hall–Kier alpha value is 0.1000. The summed E-state index contributed by atoms with van der Waals surface area (Å²) in [6, 6.07) is 0. The largest absolute Gasteiger partial charge is 1.00 e. The molecule has 0 aliphatic rings. The average molecular weight is 381 g/mol. The number of rotatable bonds is 17. The van der Waals surface area contributed by atoms with E-state index in [1.807, 2.05) is 6.29 Å². The molecule has 1 atom stereocenters. The van der Waals surface area contributed by atoms with E-state index in [-0.39, 0.29) is 29.6 Å². The van der Waals surface area contributed by atoms with Gasteiger partial charge >= 0.3 is 35.5 Å². The van der Waals surface area contributed by atoms with Crippen molar-refractivity contribution >= 4 is 12.3 Å². The summed E-state index contributed by atoms with van der Waals surface area (Å²) in [5.74, 6) is -1.19. The van der Waals surface area contributed by atoms with Crippen molar-refractivity contribution in [1.82, 2.24) is 0 Å². The molecule has 150 valence electrons. The zero-order valence-electron chi connectivity index (χ0n) is 17.6. The van der Waals surface area contributed by atoms with Gasteiger partial charge < -0.3 is 15.0 Å². The second-order valence-electron chi connectivity index (χ2n) is 6.86. The van der Waals surface area contributed by atoms with Gasteiger partial charge in [0.25, 0.3) is 0 Å². The Morgan fingerprint density at radius 2 is 1.04 bits per heavy atom. The summed E-state index contributed by atoms with van der Waals surface area (Å²) < 4.78 is 0. The molecule has 2 N–H and O–H groups in total. The second kappa shape index (κ2) is 27.3. The third kappa shape index (κ3) is 31.8. The standard InChI is InChI=1S/C18H35O.C3H6O3.Na/c1-2-3-4-5-6-7-8-9-10-11-12-13-14-15-16-17-18-19;1-2(4)3(5)6;/h2-17H2,1H3;2,4H,1H3,(H,5,6);/q-1;;+1. The number of hydrogen-bond donors (Lipinski definition) is 2. The molecule has 0 aliphatic heterocycles. The van der Waals surface area contributed by atoms with Crippen molar-refractivity contribution in [3.63, 3.8) is 0 Å². The number of aliphatic hydroxyl groups is 1. The second-order valence-corrected chi connectivity index (χ2v) is 6.86. The first-order valence-electron chi connectivity index (χ1n) is 10.3. The van der Waals surface area contributed by atoms with Crippen molar-refractivity contribution in [3.05, 3.63) is 0 Å². The van der Waals surface area contributed by atoms with Crippen molar-refractivity contribution in [2.75, 3.05) is 0 Å². The zero-order valence-corrected chi connectivity index (χ0v) is 19.6. The fraction of sp³-hybridized carbons (Fsp3) is 0.905. The Morgan fingerprint density at radius 1 is 0.769 bits per heavy atom. The molecular weight excluding hydrogens is 339 g/mol. The van der Waals surface area contributed by atoms with Gasteiger partial charge in [0, 0.05) is 0 Å². The van der Waals surface area contributed by atoms with Gasteiger partial charge in [-0.1, -0.05) is 103 Å². The average Bonchev–Trinajstić information content (AvgIpc) is 2.59. The van der Waals surface area contributed by atoms with E-state index in [0.717, 1.165) is 6.42 Å². The molecule has 26 heavy (non-hydrogen) atoms. The predicted molar refractivity (Wildman–Crippen MR) is 105 cm³/mol. The van der Waals surface area contributed by atoms with Crippen LogP contribution in [0.25, 0.3) is 0 Å². The third-order valence-electron chi connectivity index (χ3n) is 4.24. The van der Waals surface area contributed by atoms with Gasteiger partial charge in [0.05, 0.1) is 0 Å². The molecule has 0 aromatic carbocycles. The fourth-order valence-corrected chi connectivity index (χ4v) is 2.57. The topological polar surface area (TPSA) is 74.6 Å². The van der Waals surface area contributed by atoms with E-state index >= 15 is 0 Å². The quantitative estimate of drug-likeness (QED) is 0.231. The fourth-order valence-electron chi connectivity index (χ4n) is 2.57. The smallest absolute Gasteiger partial charge is 0.542 e. The Bertz CT molecular complexity index is 283. The molecule has 0 bridgehead atoms. The number of aliphatic carboxylic acids is 1. The van der Waals surface area contributed by atoms with Crippen molar-refractivity contribution in [3.8, 4) is 0 Å². The molecule has 0 aromatic rings. The van der Waals surface area contributed by atoms with E-state index in [9.17, 15) is 9.59 Å². The number of carbonyl (C=O) groups is 1. The number of carbonyl (C=O) groups excluding carboxylic acids is 1. The number of carboxylic acid groups (broad SMARTS) is 1. The van der Waals surface area contributed by atoms with Gasteiger partial charge in [0.1, 0.15) is 6.10 Å². The maximum absolute atomic E-state index is 10.0. The summed E-state index contributed by atoms with van der Waals surface area (Å²) in [6.07, 6.45) is 22.0. The molecule has 0 rings (SSSR count). The summed E-state index contributed by atoms with van der Waals surface area (Å²) in [4.78, 5) is 19.5. The Labute approximate surface area is 183 Å². The van der Waals surface area contributed by atoms with E-state index in [2.05, 4.69) is 6.92 Å². The van der Waals surface area contributed by atoms with Crippen molar-refractivity contribution in [1.29, 1.82) is 0 Å². The van der Waals surface area contributed by atoms with Crippen molar-refractivity contribution in [2.45, 2.75) is 123 Å². The Balaban J connectivity index is -0.000000649. The van der Waals surface area contributed by atoms with Crippen molar-refractivity contribution in [2.24, 2.45) is 0 Å². The molecule has 0 radical (unpaired) electrons. The first-order valence-corrected chi connectivity index (χ1v) is 10.3. The summed E-state index contributed by atoms with van der Waals surface area (Å²) in [7, 11) is 0. The molecule has 0 aromatic heterocycles. The minimum absolute atomic E-state index is 0. The van der Waals surface area contributed by atoms with Crippen LogP contribution in [0.3, 0.4) is 0 Å². The van der Waals surface area contributed by atoms with Crippen LogP contribution < -0.4 is 29.6 Å². The van der Waals surface area contributed by atoms with Crippen LogP contribution in [-0.2, 0) is 9.59 Å². The summed E-state index contributed by atoms with van der Waals surface area (Å²) in [5, 5.41) is 15.8. The Morgan fingerprint density at radius 3 is 1.27 bits per heavy atom. The van der Waals surface area contributed by atoms with E-state index in [0.29, 0.717) is 6.42 Å². The Kier molecular flexibility index (Phi) is 32.4. The van der Waals surface area contributed by atoms with Crippen LogP contribution in [0.2, 0.25) is 0 Å². The van der Waals surface area contributed by atoms with Gasteiger partial charge in [0.2, 0.25) is 0 Å². The van der Waals surface area contributed by atoms with Crippen LogP contribution in [0.5, 0.6) is 0 Å². The molecule has 0 amide bonds. The number of unbranched alkanes of at least 4 members (excludes halogenated alkanes) is 15. The van der Waals surface area contributed by atoms with Crippen LogP contribution in [0.4, 0.5) is 0 Å². The van der Waals surface area contributed by atoms with Crippen LogP contribution in [0, 0.1) is 0 Å². The first kappa shape index (κ1) is 30.8. The summed E-state index contributed by atoms with van der Waals surface area (Å²) in [5.41, 5.74) is 0. The van der Waals surface area contributed by atoms with Gasteiger partial charge in [-0.15, -0.1) is 0 Å². The van der Waals surface area contributed by atoms with Gasteiger partial charge in [-0.3, -0.25) is 6.29 Å². The predicted octanol–water partition coefficient (Wildman–Crippen LogP) is 2.81. The van der Waals surface area contributed by atoms with Crippen LogP contribution >= 0.6 is 0 Å². The van der Waals surface area contributed by atoms with Gasteiger partial charge in [-0.25, -0.2) is 4.79 Å².